The molecular weight excluding hydrogens is 320 g/mol. The minimum absolute atomic E-state index is 0.0379. The summed E-state index contributed by atoms with van der Waals surface area (Å²) in [4.78, 5) is 22.2. The van der Waals surface area contributed by atoms with Crippen molar-refractivity contribution in [2.24, 2.45) is 0 Å². The van der Waals surface area contributed by atoms with Gasteiger partial charge in [0.05, 0.1) is 17.7 Å². The molecule has 1 N–H and O–H groups in total. The number of nitro benzene ring substituents is 1. The van der Waals surface area contributed by atoms with Crippen molar-refractivity contribution in [1.29, 1.82) is 0 Å². The summed E-state index contributed by atoms with van der Waals surface area (Å²) in [7, 11) is 1.48. The molecule has 0 aromatic heterocycles. The average Bonchev–Trinajstić information content (AvgIpc) is 2.53. The number of nitrogens with zero attached hydrogens (tertiary/aromatic N) is 1. The molecule has 0 heterocycles. The van der Waals surface area contributed by atoms with Crippen molar-refractivity contribution in [1.82, 2.24) is 0 Å². The second-order valence-electron chi connectivity index (χ2n) is 4.52. The summed E-state index contributed by atoms with van der Waals surface area (Å²) < 4.78 is 5.13. The lowest BCUT2D eigenvalue weighted by atomic mass is 10.2. The fraction of sp³-hybridized carbons (Fsp3) is 0.0625. The Morgan fingerprint density at radius 1 is 1.30 bits per heavy atom. The van der Waals surface area contributed by atoms with E-state index in [1.165, 1.54) is 31.4 Å². The lowest BCUT2D eigenvalue weighted by Gasteiger charge is -2.08. The number of amides is 1. The van der Waals surface area contributed by atoms with Crippen LogP contribution in [-0.2, 0) is 4.79 Å². The van der Waals surface area contributed by atoms with Crippen molar-refractivity contribution in [3.63, 3.8) is 0 Å². The first-order valence-corrected chi connectivity index (χ1v) is 6.94. The number of rotatable bonds is 5. The predicted molar refractivity (Wildman–Crippen MR) is 88.8 cm³/mol. The molecule has 2 rings (SSSR count). The number of ether oxygens (including phenoxy) is 1. The van der Waals surface area contributed by atoms with Gasteiger partial charge in [-0.3, -0.25) is 14.9 Å². The number of carbonyl (C=O) groups is 1. The summed E-state index contributed by atoms with van der Waals surface area (Å²) in [6.07, 6.45) is 2.76. The highest BCUT2D eigenvalue weighted by Crippen LogP contribution is 2.27. The molecule has 0 radical (unpaired) electrons. The van der Waals surface area contributed by atoms with Gasteiger partial charge < -0.3 is 10.1 Å². The van der Waals surface area contributed by atoms with Crippen LogP contribution in [-0.4, -0.2) is 17.9 Å². The highest BCUT2D eigenvalue weighted by molar-refractivity contribution is 6.31. The Morgan fingerprint density at radius 2 is 2.09 bits per heavy atom. The van der Waals surface area contributed by atoms with Gasteiger partial charge in [0.25, 0.3) is 5.69 Å². The van der Waals surface area contributed by atoms with E-state index in [1.807, 2.05) is 0 Å². The fourth-order valence-corrected chi connectivity index (χ4v) is 2.04. The Hall–Kier alpha value is -2.86. The quantitative estimate of drug-likeness (QED) is 0.511. The maximum Gasteiger partial charge on any atom is 0.270 e. The Labute approximate surface area is 137 Å². The maximum absolute atomic E-state index is 12.0. The lowest BCUT2D eigenvalue weighted by molar-refractivity contribution is -0.384. The first-order valence-electron chi connectivity index (χ1n) is 6.56. The molecule has 0 fully saturated rings. The Balaban J connectivity index is 2.12. The van der Waals surface area contributed by atoms with Crippen molar-refractivity contribution in [3.05, 3.63) is 69.2 Å². The zero-order valence-electron chi connectivity index (χ0n) is 12.2. The molecule has 0 unspecified atom stereocenters. The van der Waals surface area contributed by atoms with Gasteiger partial charge in [-0.2, -0.15) is 0 Å². The van der Waals surface area contributed by atoms with Gasteiger partial charge in [-0.1, -0.05) is 23.7 Å². The molecule has 0 bridgehead atoms. The third-order valence-electron chi connectivity index (χ3n) is 2.93. The number of non-ortho nitro benzene ring substituents is 1. The number of hydrogen-bond donors (Lipinski definition) is 1. The van der Waals surface area contributed by atoms with Gasteiger partial charge in [-0.15, -0.1) is 0 Å². The number of methoxy groups -OCH3 is 1. The van der Waals surface area contributed by atoms with Gasteiger partial charge in [0, 0.05) is 23.2 Å². The standard InChI is InChI=1S/C16H13ClN2O4/c1-23-15-7-6-12(17)10-14(15)18-16(20)8-5-11-3-2-4-13(9-11)19(21)22/h2-10H,1H3,(H,18,20). The van der Waals surface area contributed by atoms with Crippen LogP contribution in [0.5, 0.6) is 5.75 Å². The minimum Gasteiger partial charge on any atom is -0.495 e. The van der Waals surface area contributed by atoms with E-state index in [2.05, 4.69) is 5.32 Å². The van der Waals surface area contributed by atoms with Gasteiger partial charge in [0.1, 0.15) is 5.75 Å². The fourth-order valence-electron chi connectivity index (χ4n) is 1.87. The molecule has 0 saturated heterocycles. The first kappa shape index (κ1) is 16.5. The van der Waals surface area contributed by atoms with Crippen molar-refractivity contribution in [2.75, 3.05) is 12.4 Å². The molecule has 0 saturated carbocycles. The minimum atomic E-state index is -0.492. The second-order valence-corrected chi connectivity index (χ2v) is 4.96. The van der Waals surface area contributed by atoms with Gasteiger partial charge in [-0.05, 0) is 29.8 Å². The Morgan fingerprint density at radius 3 is 2.78 bits per heavy atom. The van der Waals surface area contributed by atoms with E-state index in [0.717, 1.165) is 0 Å². The molecule has 2 aromatic carbocycles. The molecule has 2 aromatic rings. The van der Waals surface area contributed by atoms with Gasteiger partial charge in [0.15, 0.2) is 0 Å². The molecule has 0 spiro atoms. The van der Waals surface area contributed by atoms with Crippen LogP contribution in [0.25, 0.3) is 6.08 Å². The van der Waals surface area contributed by atoms with E-state index >= 15 is 0 Å². The van der Waals surface area contributed by atoms with E-state index < -0.39 is 10.8 Å². The normalized spacial score (nSPS) is 10.5. The molecular formula is C16H13ClN2O4. The molecule has 0 aliphatic rings. The summed E-state index contributed by atoms with van der Waals surface area (Å²) in [6.45, 7) is 0. The smallest absolute Gasteiger partial charge is 0.270 e. The molecule has 118 valence electrons. The van der Waals surface area contributed by atoms with Crippen molar-refractivity contribution >= 4 is 35.0 Å². The highest BCUT2D eigenvalue weighted by Gasteiger charge is 2.07. The zero-order chi connectivity index (χ0) is 16.8. The Kier molecular flexibility index (Phi) is 5.32. The summed E-state index contributed by atoms with van der Waals surface area (Å²) in [5.41, 5.74) is 0.949. The van der Waals surface area contributed by atoms with Crippen molar-refractivity contribution in [2.45, 2.75) is 0 Å². The molecule has 23 heavy (non-hydrogen) atoms. The number of hydrogen-bond acceptors (Lipinski definition) is 4. The highest BCUT2D eigenvalue weighted by atomic mass is 35.5. The number of nitro groups is 1. The summed E-state index contributed by atoms with van der Waals surface area (Å²) in [5, 5.41) is 13.8. The SMILES string of the molecule is COc1ccc(Cl)cc1NC(=O)C=Cc1cccc([N+](=O)[O-])c1. The van der Waals surface area contributed by atoms with Crippen molar-refractivity contribution in [3.8, 4) is 5.75 Å². The average molecular weight is 333 g/mol. The molecule has 0 atom stereocenters. The van der Waals surface area contributed by atoms with E-state index in [1.54, 1.807) is 30.3 Å². The zero-order valence-corrected chi connectivity index (χ0v) is 12.9. The van der Waals surface area contributed by atoms with Crippen LogP contribution in [0.2, 0.25) is 5.02 Å². The number of carbonyl (C=O) groups excluding carboxylic acids is 1. The molecule has 1 amide bonds. The number of benzene rings is 2. The van der Waals surface area contributed by atoms with Crippen molar-refractivity contribution < 1.29 is 14.5 Å². The van der Waals surface area contributed by atoms with Crippen LogP contribution in [0, 0.1) is 10.1 Å². The summed E-state index contributed by atoms with van der Waals surface area (Å²) in [6, 6.07) is 10.8. The summed E-state index contributed by atoms with van der Waals surface area (Å²) >= 11 is 5.89. The Bertz CT molecular complexity index is 774. The topological polar surface area (TPSA) is 81.5 Å². The first-order chi connectivity index (χ1) is 11.0. The lowest BCUT2D eigenvalue weighted by Crippen LogP contribution is -2.08. The number of halogens is 1. The van der Waals surface area contributed by atoms with E-state index in [-0.39, 0.29) is 5.69 Å². The largest absolute Gasteiger partial charge is 0.495 e. The van der Waals surface area contributed by atoms with Crippen LogP contribution >= 0.6 is 11.6 Å². The second kappa shape index (κ2) is 7.42. The summed E-state index contributed by atoms with van der Waals surface area (Å²) in [5.74, 6) is 0.0728. The molecule has 6 nitrogen and oxygen atoms in total. The van der Waals surface area contributed by atoms with E-state index in [9.17, 15) is 14.9 Å². The molecule has 7 heteroatoms. The van der Waals surface area contributed by atoms with Gasteiger partial charge >= 0.3 is 0 Å². The van der Waals surface area contributed by atoms with Crippen LogP contribution in [0.3, 0.4) is 0 Å². The van der Waals surface area contributed by atoms with Crippen LogP contribution in [0.4, 0.5) is 11.4 Å². The van der Waals surface area contributed by atoms with Crippen LogP contribution < -0.4 is 10.1 Å². The number of nitrogens with one attached hydrogen (secondary N) is 1. The predicted octanol–water partition coefficient (Wildman–Crippen LogP) is 3.91. The third kappa shape index (κ3) is 4.55. The van der Waals surface area contributed by atoms with Gasteiger partial charge in [0.2, 0.25) is 5.91 Å². The van der Waals surface area contributed by atoms with E-state index in [0.29, 0.717) is 22.0 Å². The number of anilines is 1. The third-order valence-corrected chi connectivity index (χ3v) is 3.16. The van der Waals surface area contributed by atoms with E-state index in [4.69, 9.17) is 16.3 Å². The maximum atomic E-state index is 12.0. The monoisotopic (exact) mass is 332 g/mol. The van der Waals surface area contributed by atoms with Gasteiger partial charge in [-0.25, -0.2) is 0 Å². The van der Waals surface area contributed by atoms with Crippen LogP contribution in [0.1, 0.15) is 5.56 Å². The van der Waals surface area contributed by atoms with Crippen LogP contribution in [0.15, 0.2) is 48.5 Å². The molecule has 0 aliphatic carbocycles. The molecule has 0 aliphatic heterocycles.